The van der Waals surface area contributed by atoms with E-state index in [1.807, 2.05) is 0 Å². The molecule has 1 unspecified atom stereocenters. The highest BCUT2D eigenvalue weighted by Crippen LogP contribution is 2.24. The first-order chi connectivity index (χ1) is 14.0. The lowest BCUT2D eigenvalue weighted by atomic mass is 10.0. The van der Waals surface area contributed by atoms with Crippen LogP contribution in [0.4, 0.5) is 14.6 Å². The number of amides is 1. The molecule has 0 fully saturated rings. The number of carbonyl (C=O) groups is 2. The van der Waals surface area contributed by atoms with Crippen molar-refractivity contribution in [1.82, 2.24) is 10.3 Å². The molecule has 7 nitrogen and oxygen atoms in total. The summed E-state index contributed by atoms with van der Waals surface area (Å²) in [5.74, 6) is -3.24. The molecule has 0 aliphatic rings. The van der Waals surface area contributed by atoms with Crippen LogP contribution in [0, 0.1) is 18.6 Å². The topological polar surface area (TPSA) is 104 Å². The van der Waals surface area contributed by atoms with Crippen molar-refractivity contribution in [2.75, 3.05) is 19.5 Å². The lowest BCUT2D eigenvalue weighted by Crippen LogP contribution is -2.52. The van der Waals surface area contributed by atoms with Crippen molar-refractivity contribution in [3.8, 4) is 5.75 Å². The quantitative estimate of drug-likeness (QED) is 0.644. The Balaban J connectivity index is 2.20. The number of pyridine rings is 1. The number of rotatable bonds is 9. The van der Waals surface area contributed by atoms with Gasteiger partial charge in [-0.25, -0.2) is 13.8 Å². The van der Waals surface area contributed by atoms with Crippen molar-refractivity contribution >= 4 is 17.5 Å². The fraction of sp³-hybridized carbons (Fsp3) is 0.381. The maximum absolute atomic E-state index is 14.1. The van der Waals surface area contributed by atoms with Crippen LogP contribution >= 0.6 is 0 Å². The van der Waals surface area contributed by atoms with Gasteiger partial charge in [-0.1, -0.05) is 12.1 Å². The Hall–Kier alpha value is -3.07. The first-order valence-electron chi connectivity index (χ1n) is 9.21. The van der Waals surface area contributed by atoms with Crippen LogP contribution in [-0.4, -0.2) is 42.0 Å². The van der Waals surface area contributed by atoms with Gasteiger partial charge >= 0.3 is 0 Å². The lowest BCUT2D eigenvalue weighted by molar-refractivity contribution is -0.142. The van der Waals surface area contributed by atoms with Crippen molar-refractivity contribution in [3.05, 3.63) is 53.2 Å². The number of aryl methyl sites for hydroxylation is 1. The molecule has 9 heteroatoms. The molecule has 0 aliphatic heterocycles. The van der Waals surface area contributed by atoms with Crippen LogP contribution in [0.2, 0.25) is 0 Å². The summed E-state index contributed by atoms with van der Waals surface area (Å²) < 4.78 is 38.3. The molecule has 2 aromatic rings. The number of aromatic nitrogens is 1. The van der Waals surface area contributed by atoms with Crippen LogP contribution in [-0.2, 0) is 20.7 Å². The largest absolute Gasteiger partial charge is 0.480 e. The van der Waals surface area contributed by atoms with E-state index in [0.717, 1.165) is 6.07 Å². The summed E-state index contributed by atoms with van der Waals surface area (Å²) in [4.78, 5) is 29.2. The summed E-state index contributed by atoms with van der Waals surface area (Å²) >= 11 is 0. The van der Waals surface area contributed by atoms with E-state index in [2.05, 4.69) is 10.3 Å². The number of halogens is 2. The molecule has 1 aromatic carbocycles. The Morgan fingerprint density at radius 1 is 1.23 bits per heavy atom. The number of nitrogen functional groups attached to an aromatic ring is 1. The molecule has 0 bridgehead atoms. The third-order valence-corrected chi connectivity index (χ3v) is 4.64. The smallest absolute Gasteiger partial charge is 0.252 e. The Morgan fingerprint density at radius 3 is 2.53 bits per heavy atom. The number of hydrogen-bond donors (Lipinski definition) is 2. The van der Waals surface area contributed by atoms with Gasteiger partial charge in [0.05, 0.1) is 6.04 Å². The van der Waals surface area contributed by atoms with Gasteiger partial charge in [-0.15, -0.1) is 0 Å². The summed E-state index contributed by atoms with van der Waals surface area (Å²) in [7, 11) is 1.37. The Morgan fingerprint density at radius 2 is 1.93 bits per heavy atom. The van der Waals surface area contributed by atoms with Gasteiger partial charge in [0.15, 0.2) is 23.2 Å². The van der Waals surface area contributed by atoms with Gasteiger partial charge < -0.3 is 20.5 Å². The van der Waals surface area contributed by atoms with Gasteiger partial charge in [0, 0.05) is 19.7 Å². The zero-order valence-corrected chi connectivity index (χ0v) is 17.3. The fourth-order valence-corrected chi connectivity index (χ4v) is 2.47. The molecular weight excluding hydrogens is 396 g/mol. The van der Waals surface area contributed by atoms with Gasteiger partial charge in [0.25, 0.3) is 5.91 Å². The van der Waals surface area contributed by atoms with E-state index in [4.69, 9.17) is 15.2 Å². The van der Waals surface area contributed by atoms with E-state index < -0.39 is 47.3 Å². The SMILES string of the molecule is COC(C)(C)C(=O)NC(Cc1ccc(N)nc1)C(=O)COc1c(F)ccc(C)c1F. The molecule has 1 heterocycles. The van der Waals surface area contributed by atoms with Crippen LogP contribution < -0.4 is 15.8 Å². The average Bonchev–Trinajstić information content (AvgIpc) is 2.71. The number of Topliss-reactive ketones (excluding diaryl/α,β-unsaturated/α-hetero) is 1. The molecule has 2 rings (SSSR count). The molecule has 0 saturated heterocycles. The maximum atomic E-state index is 14.1. The second-order valence-electron chi connectivity index (χ2n) is 7.30. The molecule has 0 aliphatic carbocycles. The minimum atomic E-state index is -1.19. The standard InChI is InChI=1S/C21H25F2N3O4/c1-12-5-7-14(22)19(18(12)23)30-11-16(27)15(26-20(28)21(2,3)29-4)9-13-6-8-17(24)25-10-13/h5-8,10,15H,9,11H2,1-4H3,(H2,24,25)(H,26,28). The number of nitrogens with two attached hydrogens (primary N) is 1. The number of anilines is 1. The Labute approximate surface area is 173 Å². The first kappa shape index (κ1) is 23.2. The van der Waals surface area contributed by atoms with Crippen LogP contribution in [0.15, 0.2) is 30.5 Å². The zero-order valence-electron chi connectivity index (χ0n) is 17.3. The van der Waals surface area contributed by atoms with Gasteiger partial charge in [0.2, 0.25) is 0 Å². The highest BCUT2D eigenvalue weighted by molar-refractivity contribution is 5.92. The molecule has 0 radical (unpaired) electrons. The molecule has 1 atom stereocenters. The number of ether oxygens (including phenoxy) is 2. The van der Waals surface area contributed by atoms with E-state index in [1.165, 1.54) is 26.3 Å². The number of hydrogen-bond acceptors (Lipinski definition) is 6. The molecule has 1 amide bonds. The molecule has 162 valence electrons. The van der Waals surface area contributed by atoms with Crippen LogP contribution in [0.1, 0.15) is 25.0 Å². The van der Waals surface area contributed by atoms with Crippen LogP contribution in [0.3, 0.4) is 0 Å². The summed E-state index contributed by atoms with van der Waals surface area (Å²) in [5.41, 5.74) is 5.19. The number of nitrogens with zero attached hydrogens (tertiary/aromatic N) is 1. The molecule has 0 saturated carbocycles. The van der Waals surface area contributed by atoms with E-state index >= 15 is 0 Å². The first-order valence-corrected chi connectivity index (χ1v) is 9.21. The van der Waals surface area contributed by atoms with Crippen molar-refractivity contribution in [1.29, 1.82) is 0 Å². The predicted octanol–water partition coefficient (Wildman–Crippen LogP) is 2.35. The average molecular weight is 421 g/mol. The number of benzene rings is 1. The Bertz CT molecular complexity index is 917. The highest BCUT2D eigenvalue weighted by Gasteiger charge is 2.31. The van der Waals surface area contributed by atoms with E-state index in [-0.39, 0.29) is 12.0 Å². The molecular formula is C21H25F2N3O4. The molecule has 0 spiro atoms. The van der Waals surface area contributed by atoms with E-state index in [0.29, 0.717) is 11.4 Å². The third kappa shape index (κ3) is 5.73. The number of nitrogens with one attached hydrogen (secondary N) is 1. The summed E-state index contributed by atoms with van der Waals surface area (Å²) in [6.45, 7) is 3.90. The maximum Gasteiger partial charge on any atom is 0.252 e. The van der Waals surface area contributed by atoms with Gasteiger partial charge in [-0.3, -0.25) is 9.59 Å². The second-order valence-corrected chi connectivity index (χ2v) is 7.30. The monoisotopic (exact) mass is 421 g/mol. The number of carbonyl (C=O) groups excluding carboxylic acids is 2. The predicted molar refractivity (Wildman–Crippen MR) is 107 cm³/mol. The van der Waals surface area contributed by atoms with E-state index in [9.17, 15) is 18.4 Å². The lowest BCUT2D eigenvalue weighted by Gasteiger charge is -2.26. The second kappa shape index (κ2) is 9.62. The Kier molecular flexibility index (Phi) is 7.44. The summed E-state index contributed by atoms with van der Waals surface area (Å²) in [6.07, 6.45) is 1.56. The molecule has 3 N–H and O–H groups in total. The van der Waals surface area contributed by atoms with Crippen LogP contribution in [0.5, 0.6) is 5.75 Å². The fourth-order valence-electron chi connectivity index (χ4n) is 2.47. The molecule has 1 aromatic heterocycles. The highest BCUT2D eigenvalue weighted by atomic mass is 19.1. The van der Waals surface area contributed by atoms with Crippen molar-refractivity contribution in [3.63, 3.8) is 0 Å². The van der Waals surface area contributed by atoms with Crippen molar-refractivity contribution in [2.45, 2.75) is 38.8 Å². The number of methoxy groups -OCH3 is 1. The van der Waals surface area contributed by atoms with Gasteiger partial charge in [0.1, 0.15) is 18.0 Å². The minimum Gasteiger partial charge on any atom is -0.480 e. The zero-order chi connectivity index (χ0) is 22.5. The van der Waals surface area contributed by atoms with Gasteiger partial charge in [-0.05, 0) is 44.0 Å². The van der Waals surface area contributed by atoms with Gasteiger partial charge in [-0.2, -0.15) is 0 Å². The van der Waals surface area contributed by atoms with Crippen molar-refractivity contribution in [2.24, 2.45) is 0 Å². The summed E-state index contributed by atoms with van der Waals surface area (Å²) in [6, 6.07) is 4.51. The van der Waals surface area contributed by atoms with Crippen molar-refractivity contribution < 1.29 is 27.8 Å². The molecule has 30 heavy (non-hydrogen) atoms. The minimum absolute atomic E-state index is 0.0831. The summed E-state index contributed by atoms with van der Waals surface area (Å²) in [5, 5.41) is 2.61. The van der Waals surface area contributed by atoms with Crippen LogP contribution in [0.25, 0.3) is 0 Å². The third-order valence-electron chi connectivity index (χ3n) is 4.64. The number of ketones is 1. The van der Waals surface area contributed by atoms with E-state index in [1.54, 1.807) is 26.0 Å². The normalized spacial score (nSPS) is 12.3.